The minimum Gasteiger partial charge on any atom is -0.335 e. The molecule has 0 bridgehead atoms. The average Bonchev–Trinajstić information content (AvgIpc) is 3.30. The van der Waals surface area contributed by atoms with Crippen LogP contribution in [0.4, 0.5) is 0 Å². The zero-order chi connectivity index (χ0) is 17.8. The average molecular weight is 349 g/mol. The Kier molecular flexibility index (Phi) is 5.16. The SMILES string of the molecule is Cc1nccn1CC1CCCN(Cc2ccc(Cn3cccn3)cc2)C1. The molecular weight excluding hydrogens is 322 g/mol. The summed E-state index contributed by atoms with van der Waals surface area (Å²) in [7, 11) is 0. The van der Waals surface area contributed by atoms with Gasteiger partial charge in [0.1, 0.15) is 5.82 Å². The van der Waals surface area contributed by atoms with Crippen LogP contribution in [0.3, 0.4) is 0 Å². The van der Waals surface area contributed by atoms with E-state index in [1.807, 2.05) is 29.3 Å². The molecule has 3 aromatic rings. The number of rotatable bonds is 6. The van der Waals surface area contributed by atoms with Crippen molar-refractivity contribution in [3.05, 3.63) is 72.1 Å². The van der Waals surface area contributed by atoms with Crippen molar-refractivity contribution < 1.29 is 0 Å². The predicted octanol–water partition coefficient (Wildman–Crippen LogP) is 3.35. The highest BCUT2D eigenvalue weighted by Crippen LogP contribution is 2.21. The molecule has 3 heterocycles. The molecule has 1 unspecified atom stereocenters. The number of likely N-dealkylation sites (tertiary alicyclic amines) is 1. The number of aromatic nitrogens is 4. The summed E-state index contributed by atoms with van der Waals surface area (Å²) in [5.41, 5.74) is 2.69. The van der Waals surface area contributed by atoms with Crippen molar-refractivity contribution in [3.63, 3.8) is 0 Å². The van der Waals surface area contributed by atoms with Gasteiger partial charge in [0.05, 0.1) is 6.54 Å². The molecule has 0 aliphatic carbocycles. The number of piperidine rings is 1. The molecule has 4 rings (SSSR count). The molecule has 1 aliphatic heterocycles. The number of imidazole rings is 1. The monoisotopic (exact) mass is 349 g/mol. The first-order valence-corrected chi connectivity index (χ1v) is 9.51. The smallest absolute Gasteiger partial charge is 0.105 e. The van der Waals surface area contributed by atoms with Gasteiger partial charge in [-0.2, -0.15) is 5.10 Å². The van der Waals surface area contributed by atoms with Crippen molar-refractivity contribution in [3.8, 4) is 0 Å². The highest BCUT2D eigenvalue weighted by molar-refractivity contribution is 5.22. The number of aryl methyl sites for hydroxylation is 1. The Morgan fingerprint density at radius 2 is 1.85 bits per heavy atom. The van der Waals surface area contributed by atoms with Crippen LogP contribution < -0.4 is 0 Å². The molecule has 0 saturated carbocycles. The van der Waals surface area contributed by atoms with Gasteiger partial charge in [-0.15, -0.1) is 0 Å². The van der Waals surface area contributed by atoms with Crippen LogP contribution in [0, 0.1) is 12.8 Å². The molecule has 2 aromatic heterocycles. The molecule has 136 valence electrons. The van der Waals surface area contributed by atoms with Crippen molar-refractivity contribution in [1.82, 2.24) is 24.2 Å². The lowest BCUT2D eigenvalue weighted by Gasteiger charge is -2.33. The summed E-state index contributed by atoms with van der Waals surface area (Å²) in [6.45, 7) is 7.43. The molecule has 5 heteroatoms. The highest BCUT2D eigenvalue weighted by Gasteiger charge is 2.20. The lowest BCUT2D eigenvalue weighted by Crippen LogP contribution is -2.36. The summed E-state index contributed by atoms with van der Waals surface area (Å²) in [6, 6.07) is 11.0. The molecule has 26 heavy (non-hydrogen) atoms. The third-order valence-corrected chi connectivity index (χ3v) is 5.31. The second-order valence-electron chi connectivity index (χ2n) is 7.39. The molecule has 1 atom stereocenters. The fourth-order valence-corrected chi connectivity index (χ4v) is 3.91. The molecular formula is C21H27N5. The summed E-state index contributed by atoms with van der Waals surface area (Å²) >= 11 is 0. The number of hydrogen-bond acceptors (Lipinski definition) is 3. The Bertz CT molecular complexity index is 803. The zero-order valence-electron chi connectivity index (χ0n) is 15.5. The van der Waals surface area contributed by atoms with Gasteiger partial charge in [-0.3, -0.25) is 9.58 Å². The van der Waals surface area contributed by atoms with E-state index in [4.69, 9.17) is 0 Å². The van der Waals surface area contributed by atoms with Gasteiger partial charge in [0.2, 0.25) is 0 Å². The minimum absolute atomic E-state index is 0.718. The molecule has 1 aliphatic rings. The Morgan fingerprint density at radius 1 is 1.04 bits per heavy atom. The lowest BCUT2D eigenvalue weighted by molar-refractivity contribution is 0.155. The predicted molar refractivity (Wildman–Crippen MR) is 103 cm³/mol. The lowest BCUT2D eigenvalue weighted by atomic mass is 9.97. The Hall–Kier alpha value is -2.40. The molecule has 0 radical (unpaired) electrons. The third kappa shape index (κ3) is 4.22. The van der Waals surface area contributed by atoms with Crippen molar-refractivity contribution in [2.24, 2.45) is 5.92 Å². The zero-order valence-corrected chi connectivity index (χ0v) is 15.5. The van der Waals surface area contributed by atoms with E-state index in [0.29, 0.717) is 0 Å². The molecule has 1 saturated heterocycles. The summed E-state index contributed by atoms with van der Waals surface area (Å²) in [5.74, 6) is 1.84. The standard InChI is InChI=1S/C21H27N5/c1-18-22-10-13-25(18)16-21-4-2-11-24(15-21)14-19-5-7-20(8-6-19)17-26-12-3-9-23-26/h3,5-10,12-13,21H,2,4,11,14-17H2,1H3. The molecule has 1 aromatic carbocycles. The van der Waals surface area contributed by atoms with Gasteiger partial charge in [0.25, 0.3) is 0 Å². The van der Waals surface area contributed by atoms with Gasteiger partial charge in [-0.25, -0.2) is 4.98 Å². The van der Waals surface area contributed by atoms with E-state index < -0.39 is 0 Å². The number of nitrogens with zero attached hydrogens (tertiary/aromatic N) is 5. The molecule has 0 spiro atoms. The van der Waals surface area contributed by atoms with Crippen LogP contribution in [0.1, 0.15) is 29.8 Å². The van der Waals surface area contributed by atoms with Gasteiger partial charge in [-0.1, -0.05) is 24.3 Å². The summed E-state index contributed by atoms with van der Waals surface area (Å²) in [5, 5.41) is 4.27. The summed E-state index contributed by atoms with van der Waals surface area (Å²) in [6.07, 6.45) is 10.4. The van der Waals surface area contributed by atoms with Gasteiger partial charge in [-0.05, 0) is 49.4 Å². The topological polar surface area (TPSA) is 38.9 Å². The van der Waals surface area contributed by atoms with Crippen LogP contribution in [0.2, 0.25) is 0 Å². The van der Waals surface area contributed by atoms with Crippen LogP contribution >= 0.6 is 0 Å². The second-order valence-corrected chi connectivity index (χ2v) is 7.39. The third-order valence-electron chi connectivity index (χ3n) is 5.31. The van der Waals surface area contributed by atoms with Crippen LogP contribution in [0.15, 0.2) is 55.1 Å². The van der Waals surface area contributed by atoms with Crippen molar-refractivity contribution >= 4 is 0 Å². The molecule has 0 N–H and O–H groups in total. The van der Waals surface area contributed by atoms with Crippen LogP contribution in [-0.4, -0.2) is 37.3 Å². The normalized spacial score (nSPS) is 18.3. The Labute approximate surface area is 155 Å². The maximum Gasteiger partial charge on any atom is 0.105 e. The maximum absolute atomic E-state index is 4.35. The van der Waals surface area contributed by atoms with Crippen molar-refractivity contribution in [2.75, 3.05) is 13.1 Å². The van der Waals surface area contributed by atoms with Gasteiger partial charge >= 0.3 is 0 Å². The van der Waals surface area contributed by atoms with E-state index in [1.54, 1.807) is 0 Å². The van der Waals surface area contributed by atoms with Crippen LogP contribution in [0.25, 0.3) is 0 Å². The van der Waals surface area contributed by atoms with Crippen molar-refractivity contribution in [1.29, 1.82) is 0 Å². The highest BCUT2D eigenvalue weighted by atomic mass is 15.3. The van der Waals surface area contributed by atoms with Gasteiger partial charge in [0.15, 0.2) is 0 Å². The molecule has 0 amide bonds. The quantitative estimate of drug-likeness (QED) is 0.685. The van der Waals surface area contributed by atoms with Crippen LogP contribution in [-0.2, 0) is 19.6 Å². The van der Waals surface area contributed by atoms with Crippen LogP contribution in [0.5, 0.6) is 0 Å². The summed E-state index contributed by atoms with van der Waals surface area (Å²) < 4.78 is 4.25. The van der Waals surface area contributed by atoms with Gasteiger partial charge in [0, 0.05) is 44.4 Å². The maximum atomic E-state index is 4.35. The van der Waals surface area contributed by atoms with E-state index in [1.165, 1.54) is 37.1 Å². The first-order valence-electron chi connectivity index (χ1n) is 9.51. The van der Waals surface area contributed by atoms with E-state index in [0.717, 1.165) is 31.4 Å². The Morgan fingerprint density at radius 3 is 2.54 bits per heavy atom. The van der Waals surface area contributed by atoms with E-state index >= 15 is 0 Å². The minimum atomic E-state index is 0.718. The Balaban J connectivity index is 1.32. The summed E-state index contributed by atoms with van der Waals surface area (Å²) in [4.78, 5) is 6.95. The molecule has 5 nitrogen and oxygen atoms in total. The first-order chi connectivity index (χ1) is 12.8. The van der Waals surface area contributed by atoms with E-state index in [2.05, 4.69) is 56.9 Å². The van der Waals surface area contributed by atoms with Crippen molar-refractivity contribution in [2.45, 2.75) is 39.4 Å². The number of benzene rings is 1. The second kappa shape index (κ2) is 7.87. The van der Waals surface area contributed by atoms with E-state index in [-0.39, 0.29) is 0 Å². The fraction of sp³-hybridized carbons (Fsp3) is 0.429. The van der Waals surface area contributed by atoms with E-state index in [9.17, 15) is 0 Å². The van der Waals surface area contributed by atoms with Gasteiger partial charge < -0.3 is 4.57 Å². The number of hydrogen-bond donors (Lipinski definition) is 0. The largest absolute Gasteiger partial charge is 0.335 e. The molecule has 1 fully saturated rings. The fourth-order valence-electron chi connectivity index (χ4n) is 3.91. The first kappa shape index (κ1) is 17.0.